The smallest absolute Gasteiger partial charge is 0.229 e. The SMILES string of the molecule is O=[SH](=O)C(Cl)NC(F)(F)F. The minimum atomic E-state index is -4.76. The van der Waals surface area contributed by atoms with E-state index >= 15 is 0 Å². The fourth-order valence-electron chi connectivity index (χ4n) is 0.188. The van der Waals surface area contributed by atoms with Crippen LogP contribution in [0.2, 0.25) is 0 Å². The lowest BCUT2D eigenvalue weighted by Gasteiger charge is -2.07. The van der Waals surface area contributed by atoms with Crippen molar-refractivity contribution >= 4 is 22.3 Å². The van der Waals surface area contributed by atoms with Gasteiger partial charge in [0.15, 0.2) is 15.5 Å². The Kier molecular flexibility index (Phi) is 3.40. The summed E-state index contributed by atoms with van der Waals surface area (Å²) in [5.41, 5.74) is 0. The molecule has 0 aliphatic heterocycles. The molecule has 0 spiro atoms. The molecular formula is C2H3ClF3NO2S. The van der Waals surface area contributed by atoms with Crippen molar-refractivity contribution in [1.82, 2.24) is 5.32 Å². The first-order chi connectivity index (χ1) is 4.33. The summed E-state index contributed by atoms with van der Waals surface area (Å²) in [5, 5.41) is 0.688. The molecule has 0 saturated heterocycles. The van der Waals surface area contributed by atoms with Crippen LogP contribution in [0.15, 0.2) is 0 Å². The molecule has 0 aromatic rings. The highest BCUT2D eigenvalue weighted by atomic mass is 35.5. The maximum absolute atomic E-state index is 11.2. The molecule has 0 heterocycles. The summed E-state index contributed by atoms with van der Waals surface area (Å²) in [5.74, 6) is 0. The number of thiol groups is 1. The van der Waals surface area contributed by atoms with Crippen LogP contribution in [0.4, 0.5) is 13.2 Å². The van der Waals surface area contributed by atoms with Crippen molar-refractivity contribution in [1.29, 1.82) is 0 Å². The van der Waals surface area contributed by atoms with E-state index in [0.29, 0.717) is 5.32 Å². The van der Waals surface area contributed by atoms with Crippen molar-refractivity contribution in [3.05, 3.63) is 0 Å². The predicted molar refractivity (Wildman–Crippen MR) is 29.1 cm³/mol. The Hall–Kier alpha value is -0.0100. The zero-order valence-electron chi connectivity index (χ0n) is 4.35. The number of alkyl halides is 4. The predicted octanol–water partition coefficient (Wildman–Crippen LogP) is 0.230. The van der Waals surface area contributed by atoms with Crippen LogP contribution >= 0.6 is 11.6 Å². The summed E-state index contributed by atoms with van der Waals surface area (Å²) < 4.78 is 53.0. The minimum absolute atomic E-state index is 0.688. The molecule has 62 valence electrons. The monoisotopic (exact) mass is 197 g/mol. The lowest BCUT2D eigenvalue weighted by atomic mass is 11.1. The van der Waals surface area contributed by atoms with Gasteiger partial charge in [-0.15, -0.1) is 0 Å². The van der Waals surface area contributed by atoms with E-state index in [2.05, 4.69) is 11.6 Å². The van der Waals surface area contributed by atoms with Crippen LogP contribution < -0.4 is 5.32 Å². The molecule has 0 rings (SSSR count). The molecule has 0 amide bonds. The standard InChI is InChI=1S/C2H3ClF3NO2S/c3-1(10(8)9)7-2(4,5)6/h1,7,10H. The van der Waals surface area contributed by atoms with E-state index in [-0.39, 0.29) is 0 Å². The van der Waals surface area contributed by atoms with E-state index < -0.39 is 21.8 Å². The van der Waals surface area contributed by atoms with Crippen LogP contribution in [-0.4, -0.2) is 19.6 Å². The van der Waals surface area contributed by atoms with Crippen LogP contribution in [0.5, 0.6) is 0 Å². The molecule has 0 radical (unpaired) electrons. The van der Waals surface area contributed by atoms with Gasteiger partial charge < -0.3 is 0 Å². The molecule has 8 heteroatoms. The van der Waals surface area contributed by atoms with Gasteiger partial charge in [-0.05, 0) is 0 Å². The van der Waals surface area contributed by atoms with Crippen molar-refractivity contribution in [2.24, 2.45) is 0 Å². The molecule has 3 nitrogen and oxygen atoms in total. The Balaban J connectivity index is 3.92. The first-order valence-electron chi connectivity index (χ1n) is 1.95. The second-order valence-electron chi connectivity index (χ2n) is 1.26. The average molecular weight is 198 g/mol. The third kappa shape index (κ3) is 4.83. The lowest BCUT2D eigenvalue weighted by Crippen LogP contribution is -2.38. The molecule has 1 N–H and O–H groups in total. The largest absolute Gasteiger partial charge is 0.459 e. The number of hydrogen-bond acceptors (Lipinski definition) is 3. The molecular weight excluding hydrogens is 195 g/mol. The normalized spacial score (nSPS) is 15.7. The Morgan fingerprint density at radius 1 is 1.40 bits per heavy atom. The maximum atomic E-state index is 11.2. The summed E-state index contributed by atoms with van der Waals surface area (Å²) in [6.07, 6.45) is -4.76. The van der Waals surface area contributed by atoms with E-state index in [1.165, 1.54) is 0 Å². The fraction of sp³-hybridized carbons (Fsp3) is 1.00. The second kappa shape index (κ2) is 3.40. The quantitative estimate of drug-likeness (QED) is 0.379. The van der Waals surface area contributed by atoms with Gasteiger partial charge in [0.25, 0.3) is 0 Å². The molecule has 0 aromatic carbocycles. The van der Waals surface area contributed by atoms with Gasteiger partial charge in [-0.3, -0.25) is 0 Å². The van der Waals surface area contributed by atoms with E-state index in [0.717, 1.165) is 0 Å². The molecule has 1 atom stereocenters. The number of halogens is 4. The summed E-state index contributed by atoms with van der Waals surface area (Å²) in [4.78, 5) is -2.09. The third-order valence-corrected chi connectivity index (χ3v) is 1.55. The highest BCUT2D eigenvalue weighted by Crippen LogP contribution is 2.12. The average Bonchev–Trinajstić information content (AvgIpc) is 1.60. The Bertz CT molecular complexity index is 170. The van der Waals surface area contributed by atoms with Gasteiger partial charge in [0.2, 0.25) is 0 Å². The second-order valence-corrected chi connectivity index (χ2v) is 3.09. The van der Waals surface area contributed by atoms with Crippen LogP contribution in [0.25, 0.3) is 0 Å². The van der Waals surface area contributed by atoms with E-state index in [4.69, 9.17) is 0 Å². The Labute approximate surface area is 61.1 Å². The van der Waals surface area contributed by atoms with Crippen LogP contribution in [0.3, 0.4) is 0 Å². The van der Waals surface area contributed by atoms with E-state index in [1.54, 1.807) is 0 Å². The first kappa shape index (κ1) is 9.99. The topological polar surface area (TPSA) is 46.2 Å². The van der Waals surface area contributed by atoms with Crippen LogP contribution in [0, 0.1) is 0 Å². The maximum Gasteiger partial charge on any atom is 0.459 e. The fourth-order valence-corrected chi connectivity index (χ4v) is 0.563. The lowest BCUT2D eigenvalue weighted by molar-refractivity contribution is -0.155. The van der Waals surface area contributed by atoms with Crippen molar-refractivity contribution in [3.8, 4) is 0 Å². The molecule has 0 fully saturated rings. The highest BCUT2D eigenvalue weighted by Gasteiger charge is 2.31. The van der Waals surface area contributed by atoms with Gasteiger partial charge in [-0.2, -0.15) is 18.5 Å². The number of rotatable bonds is 2. The Morgan fingerprint density at radius 2 is 1.80 bits per heavy atom. The van der Waals surface area contributed by atoms with E-state index in [1.807, 2.05) is 0 Å². The van der Waals surface area contributed by atoms with E-state index in [9.17, 15) is 21.6 Å². The molecule has 0 aliphatic rings. The van der Waals surface area contributed by atoms with Gasteiger partial charge in [0, 0.05) is 0 Å². The summed E-state index contributed by atoms with van der Waals surface area (Å²) in [7, 11) is -3.29. The highest BCUT2D eigenvalue weighted by molar-refractivity contribution is 7.74. The van der Waals surface area contributed by atoms with Crippen molar-refractivity contribution in [3.63, 3.8) is 0 Å². The van der Waals surface area contributed by atoms with Crippen LogP contribution in [-0.2, 0) is 10.7 Å². The molecule has 1 unspecified atom stereocenters. The zero-order valence-corrected chi connectivity index (χ0v) is 6.00. The van der Waals surface area contributed by atoms with Crippen molar-refractivity contribution in [2.45, 2.75) is 11.1 Å². The van der Waals surface area contributed by atoms with Gasteiger partial charge in [0.1, 0.15) is 0 Å². The minimum Gasteiger partial charge on any atom is -0.229 e. The van der Waals surface area contributed by atoms with Gasteiger partial charge >= 0.3 is 6.30 Å². The molecule has 0 saturated carbocycles. The van der Waals surface area contributed by atoms with Gasteiger partial charge in [0.05, 0.1) is 0 Å². The summed E-state index contributed by atoms with van der Waals surface area (Å²) >= 11 is 4.67. The molecule has 0 aromatic heterocycles. The van der Waals surface area contributed by atoms with Crippen LogP contribution in [0.1, 0.15) is 0 Å². The number of nitrogens with one attached hydrogen (secondary N) is 1. The van der Waals surface area contributed by atoms with Gasteiger partial charge in [-0.25, -0.2) is 8.42 Å². The number of hydrogen-bond donors (Lipinski definition) is 2. The van der Waals surface area contributed by atoms with Crippen molar-refractivity contribution in [2.75, 3.05) is 0 Å². The molecule has 0 bridgehead atoms. The first-order valence-corrected chi connectivity index (χ1v) is 3.63. The van der Waals surface area contributed by atoms with Crippen molar-refractivity contribution < 1.29 is 21.6 Å². The molecule has 0 aliphatic carbocycles. The molecule has 10 heavy (non-hydrogen) atoms. The summed E-state index contributed by atoms with van der Waals surface area (Å²) in [6, 6.07) is 0. The third-order valence-electron chi connectivity index (χ3n) is 0.468. The van der Waals surface area contributed by atoms with Gasteiger partial charge in [-0.1, -0.05) is 11.6 Å². The summed E-state index contributed by atoms with van der Waals surface area (Å²) in [6.45, 7) is 0. The zero-order chi connectivity index (χ0) is 8.36. The Morgan fingerprint density at radius 3 is 1.90 bits per heavy atom.